The highest BCUT2D eigenvalue weighted by Gasteiger charge is 2.50. The Balaban J connectivity index is 1.34. The Bertz CT molecular complexity index is 1000. The van der Waals surface area contributed by atoms with Crippen LogP contribution in [0.1, 0.15) is 124 Å². The topological polar surface area (TPSA) is 66.8 Å². The van der Waals surface area contributed by atoms with Crippen molar-refractivity contribution in [2.24, 2.45) is 28.6 Å². The first-order valence-electron chi connectivity index (χ1n) is 16.8. The van der Waals surface area contributed by atoms with Crippen LogP contribution in [0.25, 0.3) is 0 Å². The molecular formula is C37H58O4. The van der Waals surface area contributed by atoms with E-state index in [9.17, 15) is 15.0 Å². The maximum Gasteiger partial charge on any atom is 0.139 e. The third-order valence-corrected chi connectivity index (χ3v) is 11.5. The van der Waals surface area contributed by atoms with Crippen LogP contribution in [0, 0.1) is 28.6 Å². The maximum atomic E-state index is 12.9. The molecule has 0 aromatic heterocycles. The number of aliphatic hydroxyl groups is 2. The SMILES string of the molecule is C=C1/C(=C\C=C2/CCC[C@]3(C)[C@@H]([C@H](C)/C=C/[C@H](CCC4(C(=O)CCCCCC)CC4)OC)CC[C@@H]23)C[C@@H](O)C[C@@H]1O. The summed E-state index contributed by atoms with van der Waals surface area (Å²) in [4.78, 5) is 12.9. The van der Waals surface area contributed by atoms with Crippen LogP contribution in [0.3, 0.4) is 0 Å². The molecule has 0 radical (unpaired) electrons. The first-order valence-corrected chi connectivity index (χ1v) is 16.8. The lowest BCUT2D eigenvalue weighted by Gasteiger charge is -2.44. The van der Waals surface area contributed by atoms with Crippen LogP contribution in [0.5, 0.6) is 0 Å². The number of carbonyl (C=O) groups excluding carboxylic acids is 1. The monoisotopic (exact) mass is 566 g/mol. The molecule has 4 aliphatic carbocycles. The molecule has 0 aliphatic heterocycles. The van der Waals surface area contributed by atoms with Gasteiger partial charge in [0, 0.05) is 25.4 Å². The van der Waals surface area contributed by atoms with Crippen LogP contribution in [0.2, 0.25) is 0 Å². The van der Waals surface area contributed by atoms with Gasteiger partial charge in [-0.3, -0.25) is 4.79 Å². The zero-order valence-corrected chi connectivity index (χ0v) is 26.5. The Hall–Kier alpha value is -1.49. The summed E-state index contributed by atoms with van der Waals surface area (Å²) >= 11 is 0. The zero-order chi connectivity index (χ0) is 29.6. The summed E-state index contributed by atoms with van der Waals surface area (Å²) in [6.45, 7) is 11.2. The van der Waals surface area contributed by atoms with E-state index in [1.54, 1.807) is 0 Å². The fourth-order valence-corrected chi connectivity index (χ4v) is 8.55. The number of unbranched alkanes of at least 4 members (excludes halogenated alkanes) is 3. The predicted molar refractivity (Wildman–Crippen MR) is 168 cm³/mol. The van der Waals surface area contributed by atoms with E-state index in [0.717, 1.165) is 56.1 Å². The lowest BCUT2D eigenvalue weighted by Crippen LogP contribution is -2.35. The molecular weight excluding hydrogens is 508 g/mol. The standard InChI is InChI=1S/C37H58O4/c1-6-7-8-9-12-35(40)37(22-23-37)21-19-31(41-5)16-13-26(2)32-17-18-33-28(11-10-20-36(32,33)4)14-15-29-24-30(38)25-34(39)27(29)3/h13-16,26,30-34,38-39H,3,6-12,17-25H2,1-2,4-5H3/b16-13+,28-14+,29-15-/t26-,30-,31-,32-,33+,34+,36-/m1/s1. The van der Waals surface area contributed by atoms with Crippen LogP contribution < -0.4 is 0 Å². The number of hydrogen-bond donors (Lipinski definition) is 2. The summed E-state index contributed by atoms with van der Waals surface area (Å²) in [6.07, 6.45) is 24.7. The second-order valence-corrected chi connectivity index (χ2v) is 14.2. The second kappa shape index (κ2) is 14.3. The second-order valence-electron chi connectivity index (χ2n) is 14.2. The highest BCUT2D eigenvalue weighted by Crippen LogP contribution is 2.59. The number of rotatable bonds is 14. The Morgan fingerprint density at radius 1 is 1.12 bits per heavy atom. The normalized spacial score (nSPS) is 34.7. The average Bonchev–Trinajstić information content (AvgIpc) is 3.66. The average molecular weight is 567 g/mol. The molecule has 0 aromatic rings. The van der Waals surface area contributed by atoms with Gasteiger partial charge >= 0.3 is 0 Å². The Labute approximate surface area is 250 Å². The molecule has 4 nitrogen and oxygen atoms in total. The van der Waals surface area contributed by atoms with E-state index < -0.39 is 12.2 Å². The Morgan fingerprint density at radius 2 is 1.90 bits per heavy atom. The van der Waals surface area contributed by atoms with Gasteiger partial charge in [0.25, 0.3) is 0 Å². The quantitative estimate of drug-likeness (QED) is 0.164. The number of fused-ring (bicyclic) bond motifs is 1. The van der Waals surface area contributed by atoms with Gasteiger partial charge in [0.15, 0.2) is 0 Å². The molecule has 0 amide bonds. The van der Waals surface area contributed by atoms with Gasteiger partial charge < -0.3 is 14.9 Å². The van der Waals surface area contributed by atoms with Crippen LogP contribution in [-0.4, -0.2) is 41.4 Å². The zero-order valence-electron chi connectivity index (χ0n) is 26.5. The van der Waals surface area contributed by atoms with Crippen molar-refractivity contribution in [2.45, 2.75) is 142 Å². The fraction of sp³-hybridized carbons (Fsp3) is 0.757. The van der Waals surface area contributed by atoms with Gasteiger partial charge in [0.1, 0.15) is 5.78 Å². The summed E-state index contributed by atoms with van der Waals surface area (Å²) in [7, 11) is 1.81. The number of Topliss-reactive ketones (excluding diaryl/α,β-unsaturated/α-hetero) is 1. The molecule has 4 aliphatic rings. The number of hydrogen-bond acceptors (Lipinski definition) is 4. The molecule has 230 valence electrons. The molecule has 0 aromatic carbocycles. The van der Waals surface area contributed by atoms with E-state index in [1.807, 2.05) is 7.11 Å². The largest absolute Gasteiger partial charge is 0.393 e. The van der Waals surface area contributed by atoms with Crippen molar-refractivity contribution in [3.8, 4) is 0 Å². The minimum Gasteiger partial charge on any atom is -0.393 e. The van der Waals surface area contributed by atoms with E-state index in [2.05, 4.69) is 51.7 Å². The van der Waals surface area contributed by atoms with Crippen molar-refractivity contribution in [2.75, 3.05) is 7.11 Å². The van der Waals surface area contributed by atoms with Gasteiger partial charge in [-0.1, -0.05) is 76.5 Å². The molecule has 4 fully saturated rings. The van der Waals surface area contributed by atoms with Crippen molar-refractivity contribution >= 4 is 5.78 Å². The van der Waals surface area contributed by atoms with Crippen molar-refractivity contribution in [3.05, 3.63) is 47.6 Å². The molecule has 4 rings (SSSR count). The van der Waals surface area contributed by atoms with Crippen LogP contribution >= 0.6 is 0 Å². The van der Waals surface area contributed by atoms with Gasteiger partial charge in [-0.2, -0.15) is 0 Å². The maximum absolute atomic E-state index is 12.9. The van der Waals surface area contributed by atoms with E-state index in [4.69, 9.17) is 4.74 Å². The molecule has 0 saturated heterocycles. The number of aliphatic hydroxyl groups excluding tert-OH is 2. The summed E-state index contributed by atoms with van der Waals surface area (Å²) in [6, 6.07) is 0. The molecule has 0 unspecified atom stereocenters. The third-order valence-electron chi connectivity index (χ3n) is 11.5. The molecule has 4 saturated carbocycles. The van der Waals surface area contributed by atoms with E-state index >= 15 is 0 Å². The lowest BCUT2D eigenvalue weighted by molar-refractivity contribution is -0.124. The van der Waals surface area contributed by atoms with Gasteiger partial charge in [0.05, 0.1) is 18.3 Å². The lowest BCUT2D eigenvalue weighted by atomic mass is 9.61. The van der Waals surface area contributed by atoms with E-state index in [1.165, 1.54) is 50.5 Å². The number of carbonyl (C=O) groups is 1. The Morgan fingerprint density at radius 3 is 2.61 bits per heavy atom. The summed E-state index contributed by atoms with van der Waals surface area (Å²) in [5.41, 5.74) is 3.55. The van der Waals surface area contributed by atoms with Crippen molar-refractivity contribution < 1.29 is 19.7 Å². The first-order chi connectivity index (χ1) is 19.6. The van der Waals surface area contributed by atoms with Gasteiger partial charge in [-0.05, 0) is 105 Å². The molecule has 0 bridgehead atoms. The fourth-order valence-electron chi connectivity index (χ4n) is 8.55. The predicted octanol–water partition coefficient (Wildman–Crippen LogP) is 8.43. The minimum absolute atomic E-state index is 0.0467. The van der Waals surface area contributed by atoms with Gasteiger partial charge in [-0.15, -0.1) is 0 Å². The number of ketones is 1. The number of methoxy groups -OCH3 is 1. The molecule has 2 N–H and O–H groups in total. The highest BCUT2D eigenvalue weighted by molar-refractivity contribution is 5.87. The minimum atomic E-state index is -0.634. The summed E-state index contributed by atoms with van der Waals surface area (Å²) < 4.78 is 5.89. The number of allylic oxidation sites excluding steroid dienone is 4. The van der Waals surface area contributed by atoms with Crippen molar-refractivity contribution in [3.63, 3.8) is 0 Å². The van der Waals surface area contributed by atoms with E-state index in [-0.39, 0.29) is 11.5 Å². The first kappa shape index (κ1) is 32.4. The summed E-state index contributed by atoms with van der Waals surface area (Å²) in [5.74, 6) is 2.23. The van der Waals surface area contributed by atoms with E-state index in [0.29, 0.717) is 41.8 Å². The molecule has 41 heavy (non-hydrogen) atoms. The van der Waals surface area contributed by atoms with Crippen molar-refractivity contribution in [1.29, 1.82) is 0 Å². The third kappa shape index (κ3) is 7.73. The highest BCUT2D eigenvalue weighted by atomic mass is 16.5. The smallest absolute Gasteiger partial charge is 0.139 e. The molecule has 4 heteroatoms. The van der Waals surface area contributed by atoms with Gasteiger partial charge in [0.2, 0.25) is 0 Å². The summed E-state index contributed by atoms with van der Waals surface area (Å²) in [5, 5.41) is 20.4. The molecule has 0 heterocycles. The Kier molecular flexibility index (Phi) is 11.3. The van der Waals surface area contributed by atoms with Crippen LogP contribution in [-0.2, 0) is 9.53 Å². The number of ether oxygens (including phenoxy) is 1. The van der Waals surface area contributed by atoms with Crippen molar-refractivity contribution in [1.82, 2.24) is 0 Å². The van der Waals surface area contributed by atoms with Crippen LogP contribution in [0.4, 0.5) is 0 Å². The van der Waals surface area contributed by atoms with Crippen LogP contribution in [0.15, 0.2) is 47.6 Å². The molecule has 7 atom stereocenters. The van der Waals surface area contributed by atoms with Gasteiger partial charge in [-0.25, -0.2) is 0 Å². The molecule has 0 spiro atoms.